The van der Waals surface area contributed by atoms with Crippen LogP contribution in [0.2, 0.25) is 0 Å². The Morgan fingerprint density at radius 2 is 2.28 bits per heavy atom. The Hall–Kier alpha value is -1.78. The first-order valence-corrected chi connectivity index (χ1v) is 6.16. The lowest BCUT2D eigenvalue weighted by Crippen LogP contribution is -2.28. The molecular formula is C13H17NO4. The van der Waals surface area contributed by atoms with E-state index in [0.29, 0.717) is 11.5 Å². The van der Waals surface area contributed by atoms with E-state index in [9.17, 15) is 10.1 Å². The van der Waals surface area contributed by atoms with Gasteiger partial charge in [-0.1, -0.05) is 31.9 Å². The van der Waals surface area contributed by atoms with Gasteiger partial charge in [0.1, 0.15) is 0 Å². The van der Waals surface area contributed by atoms with Crippen LogP contribution in [0.5, 0.6) is 11.5 Å². The van der Waals surface area contributed by atoms with Crippen LogP contribution in [0, 0.1) is 10.1 Å². The Kier molecular flexibility index (Phi) is 3.69. The van der Waals surface area contributed by atoms with E-state index in [1.165, 1.54) is 0 Å². The molecule has 1 aliphatic heterocycles. The first kappa shape index (κ1) is 12.7. The Morgan fingerprint density at radius 3 is 2.89 bits per heavy atom. The number of unbranched alkanes of at least 4 members (excludes halogenated alkanes) is 1. The molecule has 0 spiro atoms. The van der Waals surface area contributed by atoms with Crippen LogP contribution in [-0.4, -0.2) is 18.3 Å². The second kappa shape index (κ2) is 5.25. The zero-order valence-corrected chi connectivity index (χ0v) is 10.6. The fourth-order valence-corrected chi connectivity index (χ4v) is 2.38. The molecule has 0 bridgehead atoms. The monoisotopic (exact) mass is 251 g/mol. The minimum atomic E-state index is -0.983. The molecule has 5 nitrogen and oxygen atoms in total. The van der Waals surface area contributed by atoms with E-state index in [-0.39, 0.29) is 10.8 Å². The number of hydrogen-bond acceptors (Lipinski definition) is 4. The first-order valence-electron chi connectivity index (χ1n) is 6.16. The van der Waals surface area contributed by atoms with Crippen LogP contribution in [0.15, 0.2) is 18.2 Å². The summed E-state index contributed by atoms with van der Waals surface area (Å²) in [7, 11) is 1.54. The van der Waals surface area contributed by atoms with Crippen LogP contribution in [0.3, 0.4) is 0 Å². The van der Waals surface area contributed by atoms with E-state index < -0.39 is 6.23 Å². The number of hydrogen-bond donors (Lipinski definition) is 0. The molecule has 0 radical (unpaired) electrons. The molecule has 18 heavy (non-hydrogen) atoms. The minimum Gasteiger partial charge on any atom is -0.493 e. The fraction of sp³-hybridized carbons (Fsp3) is 0.538. The van der Waals surface area contributed by atoms with Gasteiger partial charge in [0.05, 0.1) is 18.0 Å². The maximum absolute atomic E-state index is 11.1. The summed E-state index contributed by atoms with van der Waals surface area (Å²) in [5.74, 6) is 0.922. The summed E-state index contributed by atoms with van der Waals surface area (Å²) in [5, 5.41) is 11.1. The van der Waals surface area contributed by atoms with Crippen LogP contribution >= 0.6 is 0 Å². The third-order valence-electron chi connectivity index (χ3n) is 3.29. The van der Waals surface area contributed by atoms with Crippen LogP contribution in [0.4, 0.5) is 0 Å². The van der Waals surface area contributed by atoms with Crippen LogP contribution in [-0.2, 0) is 0 Å². The quantitative estimate of drug-likeness (QED) is 0.596. The summed E-state index contributed by atoms with van der Waals surface area (Å²) in [6, 6.07) is 5.50. The van der Waals surface area contributed by atoms with E-state index in [2.05, 4.69) is 6.92 Å². The number of benzene rings is 1. The van der Waals surface area contributed by atoms with Gasteiger partial charge in [-0.05, 0) is 12.5 Å². The van der Waals surface area contributed by atoms with E-state index in [4.69, 9.17) is 9.47 Å². The van der Waals surface area contributed by atoms with Crippen molar-refractivity contribution in [3.8, 4) is 11.5 Å². The van der Waals surface area contributed by atoms with Crippen molar-refractivity contribution < 1.29 is 14.4 Å². The Morgan fingerprint density at radius 1 is 1.50 bits per heavy atom. The molecule has 0 saturated carbocycles. The van der Waals surface area contributed by atoms with Crippen molar-refractivity contribution in [2.75, 3.05) is 7.11 Å². The van der Waals surface area contributed by atoms with Crippen LogP contribution in [0.1, 0.15) is 37.7 Å². The molecule has 0 N–H and O–H groups in total. The number of nitrogens with zero attached hydrogens (tertiary/aromatic N) is 1. The highest BCUT2D eigenvalue weighted by atomic mass is 16.7. The fourth-order valence-electron chi connectivity index (χ4n) is 2.38. The molecule has 0 saturated heterocycles. The third-order valence-corrected chi connectivity index (χ3v) is 3.29. The predicted octanol–water partition coefficient (Wildman–Crippen LogP) is 2.96. The second-order valence-electron chi connectivity index (χ2n) is 4.42. The van der Waals surface area contributed by atoms with Crippen molar-refractivity contribution in [3.05, 3.63) is 33.9 Å². The molecule has 98 valence electrons. The molecule has 2 atom stereocenters. The van der Waals surface area contributed by atoms with Gasteiger partial charge in [0, 0.05) is 5.56 Å². The molecule has 1 aliphatic rings. The molecule has 2 rings (SSSR count). The van der Waals surface area contributed by atoms with Gasteiger partial charge >= 0.3 is 6.23 Å². The normalized spacial score (nSPS) is 21.2. The molecule has 1 aromatic rings. The summed E-state index contributed by atoms with van der Waals surface area (Å²) in [6.45, 7) is 2.07. The summed E-state index contributed by atoms with van der Waals surface area (Å²) < 4.78 is 10.7. The maximum atomic E-state index is 11.1. The summed E-state index contributed by atoms with van der Waals surface area (Å²) in [6.07, 6.45) is 1.75. The SMILES string of the molecule is CCCCC1c2cccc(OC)c2OC1[N+](=O)[O-]. The van der Waals surface area contributed by atoms with E-state index in [1.54, 1.807) is 13.2 Å². The van der Waals surface area contributed by atoms with Crippen molar-refractivity contribution in [2.24, 2.45) is 0 Å². The van der Waals surface area contributed by atoms with Gasteiger partial charge in [-0.2, -0.15) is 0 Å². The highest BCUT2D eigenvalue weighted by Gasteiger charge is 2.43. The minimum absolute atomic E-state index is 0.176. The first-order chi connectivity index (χ1) is 8.69. The lowest BCUT2D eigenvalue weighted by Gasteiger charge is -2.10. The predicted molar refractivity (Wildman–Crippen MR) is 66.7 cm³/mol. The molecule has 5 heteroatoms. The lowest BCUT2D eigenvalue weighted by molar-refractivity contribution is -0.564. The molecule has 0 aromatic heterocycles. The van der Waals surface area contributed by atoms with Crippen LogP contribution in [0.25, 0.3) is 0 Å². The van der Waals surface area contributed by atoms with Crippen molar-refractivity contribution in [1.29, 1.82) is 0 Å². The Labute approximate surface area is 106 Å². The maximum Gasteiger partial charge on any atom is 0.360 e. The van der Waals surface area contributed by atoms with E-state index in [0.717, 1.165) is 24.8 Å². The molecule has 1 aromatic carbocycles. The molecule has 0 fully saturated rings. The van der Waals surface area contributed by atoms with Gasteiger partial charge < -0.3 is 9.47 Å². The van der Waals surface area contributed by atoms with Gasteiger partial charge in [-0.3, -0.25) is 10.1 Å². The van der Waals surface area contributed by atoms with Crippen molar-refractivity contribution in [2.45, 2.75) is 38.3 Å². The standard InChI is InChI=1S/C13H17NO4/c1-3-4-6-10-9-7-5-8-11(17-2)12(9)18-13(10)14(15)16/h5,7-8,10,13H,3-4,6H2,1-2H3. The van der Waals surface area contributed by atoms with Crippen LogP contribution < -0.4 is 9.47 Å². The number of fused-ring (bicyclic) bond motifs is 1. The summed E-state index contributed by atoms with van der Waals surface area (Å²) in [5.41, 5.74) is 0.893. The highest BCUT2D eigenvalue weighted by Crippen LogP contribution is 2.46. The number of para-hydroxylation sites is 1. The van der Waals surface area contributed by atoms with E-state index >= 15 is 0 Å². The van der Waals surface area contributed by atoms with Gasteiger partial charge in [-0.25, -0.2) is 0 Å². The number of nitro groups is 1. The Balaban J connectivity index is 2.34. The van der Waals surface area contributed by atoms with Gasteiger partial charge in [0.15, 0.2) is 11.5 Å². The second-order valence-corrected chi connectivity index (χ2v) is 4.42. The van der Waals surface area contributed by atoms with Crippen molar-refractivity contribution in [1.82, 2.24) is 0 Å². The van der Waals surface area contributed by atoms with Gasteiger partial charge in [0.2, 0.25) is 0 Å². The zero-order chi connectivity index (χ0) is 13.1. The summed E-state index contributed by atoms with van der Waals surface area (Å²) in [4.78, 5) is 10.7. The van der Waals surface area contributed by atoms with E-state index in [1.807, 2.05) is 12.1 Å². The Bertz CT molecular complexity index is 447. The average molecular weight is 251 g/mol. The third kappa shape index (κ3) is 2.12. The largest absolute Gasteiger partial charge is 0.493 e. The topological polar surface area (TPSA) is 61.6 Å². The number of ether oxygens (including phenoxy) is 2. The average Bonchev–Trinajstić information content (AvgIpc) is 2.75. The zero-order valence-electron chi connectivity index (χ0n) is 10.6. The van der Waals surface area contributed by atoms with Gasteiger partial charge in [-0.15, -0.1) is 0 Å². The van der Waals surface area contributed by atoms with Crippen molar-refractivity contribution in [3.63, 3.8) is 0 Å². The lowest BCUT2D eigenvalue weighted by atomic mass is 9.93. The summed E-state index contributed by atoms with van der Waals surface area (Å²) >= 11 is 0. The molecule has 1 heterocycles. The number of rotatable bonds is 5. The van der Waals surface area contributed by atoms with Gasteiger partial charge in [0.25, 0.3) is 0 Å². The van der Waals surface area contributed by atoms with Crippen molar-refractivity contribution >= 4 is 0 Å². The number of methoxy groups -OCH3 is 1. The molecule has 2 unspecified atom stereocenters. The molecule has 0 aliphatic carbocycles. The highest BCUT2D eigenvalue weighted by molar-refractivity contribution is 5.51. The molecular weight excluding hydrogens is 234 g/mol. The molecule has 0 amide bonds. The smallest absolute Gasteiger partial charge is 0.360 e.